The lowest BCUT2D eigenvalue weighted by Gasteiger charge is -2.18. The lowest BCUT2D eigenvalue weighted by Crippen LogP contribution is -2.36. The van der Waals surface area contributed by atoms with E-state index in [2.05, 4.69) is 10.3 Å². The van der Waals surface area contributed by atoms with E-state index in [1.807, 2.05) is 0 Å². The summed E-state index contributed by atoms with van der Waals surface area (Å²) in [5.74, 6) is -2.02. The highest BCUT2D eigenvalue weighted by atomic mass is 35.5. The fourth-order valence-corrected chi connectivity index (χ4v) is 3.46. The van der Waals surface area contributed by atoms with Gasteiger partial charge in [0.05, 0.1) is 11.6 Å². The van der Waals surface area contributed by atoms with Crippen molar-refractivity contribution >= 4 is 39.9 Å². The molecule has 0 bridgehead atoms. The second-order valence-electron chi connectivity index (χ2n) is 5.82. The average molecular weight is 404 g/mol. The number of thiazole rings is 1. The highest BCUT2D eigenvalue weighted by Gasteiger charge is 2.40. The van der Waals surface area contributed by atoms with Crippen LogP contribution in [0, 0.1) is 5.92 Å². The van der Waals surface area contributed by atoms with Crippen molar-refractivity contribution in [1.29, 1.82) is 0 Å². The zero-order chi connectivity index (χ0) is 18.9. The molecule has 0 aliphatic carbocycles. The molecule has 3 rings (SSSR count). The van der Waals surface area contributed by atoms with Crippen LogP contribution in [-0.2, 0) is 9.59 Å². The van der Waals surface area contributed by atoms with E-state index >= 15 is 0 Å². The van der Waals surface area contributed by atoms with Crippen molar-refractivity contribution in [2.75, 3.05) is 18.4 Å². The Morgan fingerprint density at radius 1 is 1.35 bits per heavy atom. The Kier molecular flexibility index (Phi) is 5.19. The van der Waals surface area contributed by atoms with E-state index < -0.39 is 30.5 Å². The number of nitrogens with zero attached hydrogens (tertiary/aromatic N) is 2. The maximum atomic E-state index is 12.4. The van der Waals surface area contributed by atoms with Gasteiger partial charge in [-0.3, -0.25) is 9.59 Å². The minimum Gasteiger partial charge on any atom is -0.333 e. The Bertz CT molecular complexity index is 823. The summed E-state index contributed by atoms with van der Waals surface area (Å²) in [5, 5.41) is 5.23. The first kappa shape index (κ1) is 18.7. The number of likely N-dealkylation sites (tertiary alicyclic amines) is 1. The maximum Gasteiger partial charge on any atom is 0.406 e. The van der Waals surface area contributed by atoms with Crippen LogP contribution in [-0.4, -0.2) is 41.0 Å². The molecule has 1 fully saturated rings. The molecule has 1 aliphatic rings. The van der Waals surface area contributed by atoms with Crippen molar-refractivity contribution in [3.8, 4) is 11.3 Å². The van der Waals surface area contributed by atoms with Crippen LogP contribution in [0.4, 0.5) is 18.3 Å². The average Bonchev–Trinajstić information content (AvgIpc) is 3.14. The number of aromatic nitrogens is 1. The van der Waals surface area contributed by atoms with Crippen LogP contribution in [0.5, 0.6) is 0 Å². The lowest BCUT2D eigenvalue weighted by atomic mass is 10.1. The first-order chi connectivity index (χ1) is 12.2. The molecule has 10 heteroatoms. The van der Waals surface area contributed by atoms with Crippen molar-refractivity contribution in [2.45, 2.75) is 12.6 Å². The third kappa shape index (κ3) is 4.53. The molecule has 2 amide bonds. The van der Waals surface area contributed by atoms with E-state index in [1.54, 1.807) is 29.6 Å². The number of anilines is 1. The normalized spacial score (nSPS) is 17.6. The van der Waals surface area contributed by atoms with Gasteiger partial charge >= 0.3 is 6.18 Å². The molecule has 26 heavy (non-hydrogen) atoms. The molecule has 0 spiro atoms. The fourth-order valence-electron chi connectivity index (χ4n) is 2.61. The minimum absolute atomic E-state index is 0.239. The summed E-state index contributed by atoms with van der Waals surface area (Å²) in [6.45, 7) is -1.59. The standard InChI is InChI=1S/C16H13ClF3N3O2S/c17-11-3-1-9(2-4-11)12-7-26-15(21-12)22-14(25)10-5-13(24)23(6-10)8-16(18,19)20/h1-4,7,10H,5-6,8H2,(H,21,22,25). The van der Waals surface area contributed by atoms with Crippen molar-refractivity contribution in [3.05, 3.63) is 34.7 Å². The van der Waals surface area contributed by atoms with Crippen LogP contribution < -0.4 is 5.32 Å². The summed E-state index contributed by atoms with van der Waals surface area (Å²) in [6, 6.07) is 7.00. The number of nitrogens with one attached hydrogen (secondary N) is 1. The van der Waals surface area contributed by atoms with Crippen LogP contribution in [0.2, 0.25) is 5.02 Å². The summed E-state index contributed by atoms with van der Waals surface area (Å²) in [5.41, 5.74) is 1.46. The molecule has 1 atom stereocenters. The van der Waals surface area contributed by atoms with Gasteiger partial charge in [0, 0.05) is 28.9 Å². The number of amides is 2. The Labute approximate surface area is 155 Å². The maximum absolute atomic E-state index is 12.4. The molecule has 1 N–H and O–H groups in total. The Morgan fingerprint density at radius 2 is 2.04 bits per heavy atom. The zero-order valence-corrected chi connectivity index (χ0v) is 14.8. The lowest BCUT2D eigenvalue weighted by molar-refractivity contribution is -0.157. The van der Waals surface area contributed by atoms with E-state index in [0.29, 0.717) is 20.7 Å². The summed E-state index contributed by atoms with van der Waals surface area (Å²) in [4.78, 5) is 28.8. The van der Waals surface area contributed by atoms with Gasteiger partial charge in [0.15, 0.2) is 5.13 Å². The Morgan fingerprint density at radius 3 is 2.69 bits per heavy atom. The first-order valence-corrected chi connectivity index (χ1v) is 8.84. The first-order valence-electron chi connectivity index (χ1n) is 7.58. The molecule has 5 nitrogen and oxygen atoms in total. The molecule has 0 radical (unpaired) electrons. The van der Waals surface area contributed by atoms with Gasteiger partial charge < -0.3 is 10.2 Å². The molecule has 0 saturated carbocycles. The Hall–Kier alpha value is -2.13. The highest BCUT2D eigenvalue weighted by molar-refractivity contribution is 7.14. The van der Waals surface area contributed by atoms with Crippen molar-refractivity contribution < 1.29 is 22.8 Å². The number of alkyl halides is 3. The van der Waals surface area contributed by atoms with Gasteiger partial charge in [0.1, 0.15) is 6.54 Å². The predicted molar refractivity (Wildman–Crippen MR) is 91.9 cm³/mol. The second-order valence-corrected chi connectivity index (χ2v) is 7.12. The molecule has 1 aromatic heterocycles. The minimum atomic E-state index is -4.48. The molecule has 138 valence electrons. The fraction of sp³-hybridized carbons (Fsp3) is 0.312. The summed E-state index contributed by atoms with van der Waals surface area (Å²) in [6.07, 6.45) is -4.72. The van der Waals surface area contributed by atoms with Crippen molar-refractivity contribution in [3.63, 3.8) is 0 Å². The van der Waals surface area contributed by atoms with Gasteiger partial charge in [-0.05, 0) is 12.1 Å². The topological polar surface area (TPSA) is 62.3 Å². The molecule has 1 saturated heterocycles. The van der Waals surface area contributed by atoms with E-state index in [4.69, 9.17) is 11.6 Å². The van der Waals surface area contributed by atoms with Crippen molar-refractivity contribution in [1.82, 2.24) is 9.88 Å². The van der Waals surface area contributed by atoms with E-state index in [0.717, 1.165) is 5.56 Å². The van der Waals surface area contributed by atoms with Gasteiger partial charge in [0.2, 0.25) is 11.8 Å². The largest absolute Gasteiger partial charge is 0.406 e. The smallest absolute Gasteiger partial charge is 0.333 e. The monoisotopic (exact) mass is 403 g/mol. The second kappa shape index (κ2) is 7.24. The molecular weight excluding hydrogens is 391 g/mol. The number of benzene rings is 1. The number of carbonyl (C=O) groups is 2. The number of hydrogen-bond donors (Lipinski definition) is 1. The highest BCUT2D eigenvalue weighted by Crippen LogP contribution is 2.28. The molecule has 2 aromatic rings. The van der Waals surface area contributed by atoms with Gasteiger partial charge in [-0.15, -0.1) is 11.3 Å². The van der Waals surface area contributed by atoms with Gasteiger partial charge in [-0.2, -0.15) is 13.2 Å². The van der Waals surface area contributed by atoms with Crippen molar-refractivity contribution in [2.24, 2.45) is 5.92 Å². The van der Waals surface area contributed by atoms with E-state index in [9.17, 15) is 22.8 Å². The van der Waals surface area contributed by atoms with E-state index in [-0.39, 0.29) is 13.0 Å². The molecule has 2 heterocycles. The number of rotatable bonds is 4. The van der Waals surface area contributed by atoms with Crippen LogP contribution in [0.1, 0.15) is 6.42 Å². The van der Waals surface area contributed by atoms with Crippen LogP contribution in [0.3, 0.4) is 0 Å². The number of halogens is 4. The van der Waals surface area contributed by atoms with E-state index in [1.165, 1.54) is 11.3 Å². The van der Waals surface area contributed by atoms with Gasteiger partial charge in [-0.25, -0.2) is 4.98 Å². The predicted octanol–water partition coefficient (Wildman–Crippen LogP) is 3.81. The molecule has 1 aromatic carbocycles. The van der Waals surface area contributed by atoms with Crippen LogP contribution >= 0.6 is 22.9 Å². The molecular formula is C16H13ClF3N3O2S. The third-order valence-electron chi connectivity index (χ3n) is 3.83. The van der Waals surface area contributed by atoms with Gasteiger partial charge in [0.25, 0.3) is 0 Å². The quantitative estimate of drug-likeness (QED) is 0.844. The SMILES string of the molecule is O=C(Nc1nc(-c2ccc(Cl)cc2)cs1)C1CC(=O)N(CC(F)(F)F)C1. The van der Waals surface area contributed by atoms with Crippen LogP contribution in [0.15, 0.2) is 29.6 Å². The number of carbonyl (C=O) groups excluding carboxylic acids is 2. The third-order valence-corrected chi connectivity index (χ3v) is 4.84. The molecule has 1 aliphatic heterocycles. The summed E-state index contributed by atoms with van der Waals surface area (Å²) >= 11 is 7.03. The van der Waals surface area contributed by atoms with Crippen LogP contribution in [0.25, 0.3) is 11.3 Å². The number of hydrogen-bond acceptors (Lipinski definition) is 4. The zero-order valence-electron chi connectivity index (χ0n) is 13.2. The summed E-state index contributed by atoms with van der Waals surface area (Å²) in [7, 11) is 0. The van der Waals surface area contributed by atoms with Gasteiger partial charge in [-0.1, -0.05) is 23.7 Å². The Balaban J connectivity index is 1.62. The summed E-state index contributed by atoms with van der Waals surface area (Å²) < 4.78 is 37.3. The molecule has 1 unspecified atom stereocenters.